The molecule has 0 saturated heterocycles. The number of aryl methyl sites for hydroxylation is 1. The molecule has 1 aliphatic heterocycles. The normalized spacial score (nSPS) is 21.4. The van der Waals surface area contributed by atoms with Crippen LogP contribution >= 0.6 is 0 Å². The van der Waals surface area contributed by atoms with Crippen LogP contribution in [0.4, 0.5) is 5.69 Å². The maximum absolute atomic E-state index is 12.1. The molecule has 2 rings (SSSR count). The van der Waals surface area contributed by atoms with Gasteiger partial charge in [-0.25, -0.2) is 8.42 Å². The van der Waals surface area contributed by atoms with Crippen molar-refractivity contribution in [2.75, 3.05) is 17.2 Å². The van der Waals surface area contributed by atoms with Crippen molar-refractivity contribution >= 4 is 21.5 Å². The van der Waals surface area contributed by atoms with Crippen molar-refractivity contribution in [2.45, 2.75) is 24.8 Å². The van der Waals surface area contributed by atoms with Gasteiger partial charge in [0.05, 0.1) is 16.3 Å². The molecule has 1 aliphatic rings. The second-order valence-electron chi connectivity index (χ2n) is 4.62. The highest BCUT2D eigenvalue weighted by Gasteiger charge is 2.34. The first-order valence-electron chi connectivity index (χ1n) is 5.63. The molecule has 98 valence electrons. The van der Waals surface area contributed by atoms with E-state index in [1.807, 2.05) is 6.92 Å². The third-order valence-electron chi connectivity index (χ3n) is 3.06. The molecule has 1 atom stereocenters. The topological polar surface area (TPSA) is 74.7 Å². The van der Waals surface area contributed by atoms with E-state index in [4.69, 9.17) is 5.11 Å². The first-order chi connectivity index (χ1) is 8.31. The smallest absolute Gasteiger partial charge is 0.323 e. The summed E-state index contributed by atoms with van der Waals surface area (Å²) in [4.78, 5) is 12.7. The van der Waals surface area contributed by atoms with Crippen molar-refractivity contribution in [1.29, 1.82) is 0 Å². The van der Waals surface area contributed by atoms with Crippen molar-refractivity contribution in [2.24, 2.45) is 0 Å². The SMILES string of the molecule is Cc1ccc2c(c1)N(CC(=O)O)C(C)CS2(=O)=O. The number of anilines is 1. The molecule has 0 aromatic heterocycles. The Morgan fingerprint density at radius 2 is 2.17 bits per heavy atom. The molecule has 5 nitrogen and oxygen atoms in total. The minimum atomic E-state index is -3.31. The molecular weight excluding hydrogens is 254 g/mol. The predicted octanol–water partition coefficient (Wildman–Crippen LogP) is 1.06. The molecule has 6 heteroatoms. The molecule has 0 amide bonds. The maximum Gasteiger partial charge on any atom is 0.323 e. The number of sulfone groups is 1. The number of aliphatic carboxylic acids is 1. The summed E-state index contributed by atoms with van der Waals surface area (Å²) in [6, 6.07) is 4.68. The molecule has 0 spiro atoms. The van der Waals surface area contributed by atoms with Gasteiger partial charge >= 0.3 is 5.97 Å². The van der Waals surface area contributed by atoms with E-state index in [2.05, 4.69) is 0 Å². The minimum Gasteiger partial charge on any atom is -0.480 e. The fourth-order valence-electron chi connectivity index (χ4n) is 2.24. The molecular formula is C12H15NO4S. The van der Waals surface area contributed by atoms with Gasteiger partial charge in [-0.1, -0.05) is 6.07 Å². The van der Waals surface area contributed by atoms with Crippen LogP contribution in [0.15, 0.2) is 23.1 Å². The summed E-state index contributed by atoms with van der Waals surface area (Å²) in [6.07, 6.45) is 0. The fraction of sp³-hybridized carbons (Fsp3) is 0.417. The Balaban J connectivity index is 2.59. The highest BCUT2D eigenvalue weighted by molar-refractivity contribution is 7.91. The number of carbonyl (C=O) groups is 1. The van der Waals surface area contributed by atoms with Gasteiger partial charge in [-0.2, -0.15) is 0 Å². The molecule has 0 radical (unpaired) electrons. The zero-order valence-electron chi connectivity index (χ0n) is 10.3. The van der Waals surface area contributed by atoms with Gasteiger partial charge in [-0.05, 0) is 31.5 Å². The standard InChI is InChI=1S/C12H15NO4S/c1-8-3-4-11-10(5-8)13(6-12(14)15)9(2)7-18(11,16)17/h3-5,9H,6-7H2,1-2H3,(H,14,15). The Bertz CT molecular complexity index is 594. The number of hydrogen-bond acceptors (Lipinski definition) is 4. The summed E-state index contributed by atoms with van der Waals surface area (Å²) >= 11 is 0. The van der Waals surface area contributed by atoms with Crippen LogP contribution in [0.1, 0.15) is 12.5 Å². The number of carboxylic acid groups (broad SMARTS) is 1. The lowest BCUT2D eigenvalue weighted by Crippen LogP contribution is -2.45. The fourth-order valence-corrected chi connectivity index (χ4v) is 4.00. The van der Waals surface area contributed by atoms with Crippen LogP contribution in [0.2, 0.25) is 0 Å². The average Bonchev–Trinajstić information content (AvgIpc) is 2.22. The highest BCUT2D eigenvalue weighted by Crippen LogP contribution is 2.33. The van der Waals surface area contributed by atoms with Crippen LogP contribution in [-0.2, 0) is 14.6 Å². The van der Waals surface area contributed by atoms with Crippen molar-refractivity contribution in [3.05, 3.63) is 23.8 Å². The largest absolute Gasteiger partial charge is 0.480 e. The van der Waals surface area contributed by atoms with Crippen LogP contribution < -0.4 is 4.90 Å². The van der Waals surface area contributed by atoms with Crippen LogP contribution in [-0.4, -0.2) is 37.8 Å². The van der Waals surface area contributed by atoms with E-state index in [0.717, 1.165) is 5.56 Å². The molecule has 1 aromatic carbocycles. The maximum atomic E-state index is 12.1. The molecule has 1 heterocycles. The van der Waals surface area contributed by atoms with E-state index < -0.39 is 15.8 Å². The van der Waals surface area contributed by atoms with Crippen molar-refractivity contribution in [3.8, 4) is 0 Å². The van der Waals surface area contributed by atoms with Crippen LogP contribution in [0, 0.1) is 6.92 Å². The molecule has 0 fully saturated rings. The lowest BCUT2D eigenvalue weighted by Gasteiger charge is -2.35. The third-order valence-corrected chi connectivity index (χ3v) is 4.99. The number of rotatable bonds is 2. The molecule has 0 saturated carbocycles. The Morgan fingerprint density at radius 3 is 2.78 bits per heavy atom. The Kier molecular flexibility index (Phi) is 3.06. The number of hydrogen-bond donors (Lipinski definition) is 1. The first kappa shape index (κ1) is 12.9. The number of carboxylic acids is 1. The summed E-state index contributed by atoms with van der Waals surface area (Å²) in [5.41, 5.74) is 1.41. The van der Waals surface area contributed by atoms with E-state index in [-0.39, 0.29) is 23.2 Å². The Labute approximate surface area is 106 Å². The number of fused-ring (bicyclic) bond motifs is 1. The molecule has 0 bridgehead atoms. The predicted molar refractivity (Wildman–Crippen MR) is 67.7 cm³/mol. The average molecular weight is 269 g/mol. The molecule has 1 aromatic rings. The first-order valence-corrected chi connectivity index (χ1v) is 7.28. The Morgan fingerprint density at radius 1 is 1.50 bits per heavy atom. The van der Waals surface area contributed by atoms with E-state index in [0.29, 0.717) is 5.69 Å². The van der Waals surface area contributed by atoms with Crippen LogP contribution in [0.25, 0.3) is 0 Å². The van der Waals surface area contributed by atoms with Gasteiger partial charge in [0.1, 0.15) is 6.54 Å². The van der Waals surface area contributed by atoms with Gasteiger partial charge in [0.15, 0.2) is 9.84 Å². The molecule has 1 unspecified atom stereocenters. The van der Waals surface area contributed by atoms with Crippen molar-refractivity contribution < 1.29 is 18.3 Å². The number of benzene rings is 1. The third kappa shape index (κ3) is 2.20. The zero-order chi connectivity index (χ0) is 13.5. The second-order valence-corrected chi connectivity index (χ2v) is 6.63. The van der Waals surface area contributed by atoms with Gasteiger partial charge in [0.25, 0.3) is 0 Å². The zero-order valence-corrected chi connectivity index (χ0v) is 11.1. The minimum absolute atomic E-state index is 0.0453. The van der Waals surface area contributed by atoms with Gasteiger partial charge in [0, 0.05) is 6.04 Å². The van der Waals surface area contributed by atoms with Crippen LogP contribution in [0.5, 0.6) is 0 Å². The van der Waals surface area contributed by atoms with E-state index in [1.165, 1.54) is 0 Å². The van der Waals surface area contributed by atoms with Crippen molar-refractivity contribution in [3.63, 3.8) is 0 Å². The summed E-state index contributed by atoms with van der Waals surface area (Å²) in [7, 11) is -3.31. The second kappa shape index (κ2) is 4.28. The van der Waals surface area contributed by atoms with E-state index in [9.17, 15) is 13.2 Å². The quantitative estimate of drug-likeness (QED) is 0.869. The van der Waals surface area contributed by atoms with Crippen molar-refractivity contribution in [1.82, 2.24) is 0 Å². The van der Waals surface area contributed by atoms with E-state index in [1.54, 1.807) is 30.0 Å². The monoisotopic (exact) mass is 269 g/mol. The summed E-state index contributed by atoms with van der Waals surface area (Å²) in [5, 5.41) is 8.92. The Hall–Kier alpha value is -1.56. The highest BCUT2D eigenvalue weighted by atomic mass is 32.2. The summed E-state index contributed by atoms with van der Waals surface area (Å²) in [6.45, 7) is 3.39. The molecule has 18 heavy (non-hydrogen) atoms. The summed E-state index contributed by atoms with van der Waals surface area (Å²) in [5.74, 6) is -1.01. The van der Waals surface area contributed by atoms with Gasteiger partial charge in [-0.3, -0.25) is 4.79 Å². The van der Waals surface area contributed by atoms with Crippen LogP contribution in [0.3, 0.4) is 0 Å². The lowest BCUT2D eigenvalue weighted by atomic mass is 10.1. The molecule has 1 N–H and O–H groups in total. The molecule has 0 aliphatic carbocycles. The summed E-state index contributed by atoms with van der Waals surface area (Å²) < 4.78 is 24.1. The van der Waals surface area contributed by atoms with Gasteiger partial charge in [-0.15, -0.1) is 0 Å². The van der Waals surface area contributed by atoms with E-state index >= 15 is 0 Å². The van der Waals surface area contributed by atoms with Gasteiger partial charge < -0.3 is 10.0 Å². The number of nitrogens with zero attached hydrogens (tertiary/aromatic N) is 1. The van der Waals surface area contributed by atoms with Gasteiger partial charge in [0.2, 0.25) is 0 Å². The lowest BCUT2D eigenvalue weighted by molar-refractivity contribution is -0.135.